The molecule has 7 heteroatoms. The summed E-state index contributed by atoms with van der Waals surface area (Å²) in [4.78, 5) is 25.8. The zero-order valence-electron chi connectivity index (χ0n) is 20.7. The Balaban J connectivity index is 1.60. The topological polar surface area (TPSA) is 68.2 Å². The van der Waals surface area contributed by atoms with Crippen molar-refractivity contribution >= 4 is 35.2 Å². The minimum atomic E-state index is -0.495. The molecule has 0 atom stereocenters. The zero-order chi connectivity index (χ0) is 25.8. The fourth-order valence-electron chi connectivity index (χ4n) is 4.07. The lowest BCUT2D eigenvalue weighted by molar-refractivity contribution is -0.123. The number of ether oxygens (including phenoxy) is 2. The van der Waals surface area contributed by atoms with E-state index in [1.165, 1.54) is 0 Å². The average Bonchev–Trinajstić information content (AvgIpc) is 3.11. The second-order valence-corrected chi connectivity index (χ2v) is 8.99. The zero-order valence-corrected chi connectivity index (χ0v) is 21.4. The number of rotatable bonds is 7. The van der Waals surface area contributed by atoms with E-state index in [4.69, 9.17) is 21.1 Å². The van der Waals surface area contributed by atoms with Crippen molar-refractivity contribution < 1.29 is 19.1 Å². The minimum absolute atomic E-state index is 0.307. The highest BCUT2D eigenvalue weighted by Gasteiger charge is 2.33. The number of nitrogens with zero attached hydrogens (tertiary/aromatic N) is 2. The van der Waals surface area contributed by atoms with Crippen molar-refractivity contribution in [3.63, 3.8) is 0 Å². The number of amides is 2. The maximum atomic E-state index is 13.0. The number of imide groups is 1. The summed E-state index contributed by atoms with van der Waals surface area (Å²) in [7, 11) is 0. The molecule has 0 spiro atoms. The number of hydrogen-bond donors (Lipinski definition) is 0. The molecule has 0 fully saturated rings. The molecule has 1 aliphatic rings. The van der Waals surface area contributed by atoms with Crippen LogP contribution < -0.4 is 9.47 Å². The molecule has 0 aromatic heterocycles. The summed E-state index contributed by atoms with van der Waals surface area (Å²) in [6.07, 6.45) is 1.65. The Hall–Kier alpha value is -3.90. The van der Waals surface area contributed by atoms with Gasteiger partial charge in [0.1, 0.15) is 6.61 Å². The van der Waals surface area contributed by atoms with E-state index in [1.807, 2.05) is 20.8 Å². The maximum Gasteiger partial charge on any atom is 0.283 e. The van der Waals surface area contributed by atoms with Gasteiger partial charge in [-0.05, 0) is 69.2 Å². The first-order valence-electron chi connectivity index (χ1n) is 11.6. The van der Waals surface area contributed by atoms with Crippen LogP contribution in [-0.2, 0) is 11.4 Å². The number of carbonyl (C=O) groups is 2. The number of hydrogen-bond acceptors (Lipinski definition) is 5. The van der Waals surface area contributed by atoms with Crippen LogP contribution in [0.4, 0.5) is 0 Å². The van der Waals surface area contributed by atoms with Crippen molar-refractivity contribution in [1.82, 2.24) is 5.01 Å². The van der Waals surface area contributed by atoms with Gasteiger partial charge in [0.25, 0.3) is 11.8 Å². The third kappa shape index (κ3) is 5.50. The molecule has 0 radical (unpaired) electrons. The van der Waals surface area contributed by atoms with Crippen LogP contribution in [0.25, 0.3) is 6.08 Å². The van der Waals surface area contributed by atoms with Crippen molar-refractivity contribution in [3.8, 4) is 11.5 Å². The van der Waals surface area contributed by atoms with Crippen molar-refractivity contribution in [2.24, 2.45) is 5.10 Å². The quantitative estimate of drug-likeness (QED) is 0.278. The second kappa shape index (κ2) is 10.8. The van der Waals surface area contributed by atoms with Crippen LogP contribution in [0.5, 0.6) is 11.5 Å². The van der Waals surface area contributed by atoms with Gasteiger partial charge in [0.2, 0.25) is 0 Å². The number of carbonyl (C=O) groups excluding carboxylic acids is 2. The largest absolute Gasteiger partial charge is 0.490 e. The van der Waals surface area contributed by atoms with Gasteiger partial charge >= 0.3 is 0 Å². The van der Waals surface area contributed by atoms with Crippen LogP contribution in [0.1, 0.15) is 46.5 Å². The molecule has 184 valence electrons. The third-order valence-electron chi connectivity index (χ3n) is 5.58. The smallest absolute Gasteiger partial charge is 0.283 e. The summed E-state index contributed by atoms with van der Waals surface area (Å²) in [5.74, 6) is -0.0700. The molecule has 3 aromatic rings. The Kier molecular flexibility index (Phi) is 7.55. The van der Waals surface area contributed by atoms with Crippen molar-refractivity contribution in [2.75, 3.05) is 6.61 Å². The van der Waals surface area contributed by atoms with Gasteiger partial charge in [-0.1, -0.05) is 59.1 Å². The predicted octanol–water partition coefficient (Wildman–Crippen LogP) is 6.38. The highest BCUT2D eigenvalue weighted by Crippen LogP contribution is 2.38. The van der Waals surface area contributed by atoms with E-state index in [-0.39, 0.29) is 0 Å². The van der Waals surface area contributed by atoms with Crippen LogP contribution in [-0.4, -0.2) is 29.1 Å². The molecule has 4 rings (SSSR count). The van der Waals surface area contributed by atoms with E-state index in [0.717, 1.165) is 21.7 Å². The molecule has 3 aromatic carbocycles. The molecule has 0 N–H and O–H groups in total. The molecule has 36 heavy (non-hydrogen) atoms. The van der Waals surface area contributed by atoms with E-state index in [1.54, 1.807) is 55.5 Å². The molecular formula is C29H27ClN2O4. The first kappa shape index (κ1) is 25.2. The van der Waals surface area contributed by atoms with Crippen LogP contribution in [0.2, 0.25) is 5.02 Å². The first-order valence-corrected chi connectivity index (χ1v) is 12.0. The van der Waals surface area contributed by atoms with Gasteiger partial charge in [-0.2, -0.15) is 10.1 Å². The molecule has 2 amide bonds. The fourth-order valence-corrected chi connectivity index (χ4v) is 4.35. The van der Waals surface area contributed by atoms with E-state index < -0.39 is 11.8 Å². The normalized spacial score (nSPS) is 14.2. The van der Waals surface area contributed by atoms with E-state index in [0.29, 0.717) is 52.1 Å². The highest BCUT2D eigenvalue weighted by atomic mass is 35.5. The van der Waals surface area contributed by atoms with Gasteiger partial charge < -0.3 is 9.47 Å². The molecular weight excluding hydrogens is 476 g/mol. The van der Waals surface area contributed by atoms with Crippen molar-refractivity contribution in [1.29, 1.82) is 0 Å². The summed E-state index contributed by atoms with van der Waals surface area (Å²) in [5.41, 5.74) is 5.11. The van der Waals surface area contributed by atoms with Crippen LogP contribution in [0.3, 0.4) is 0 Å². The lowest BCUT2D eigenvalue weighted by Crippen LogP contribution is -2.29. The lowest BCUT2D eigenvalue weighted by Gasteiger charge is -2.15. The fraction of sp³-hybridized carbons (Fsp3) is 0.207. The summed E-state index contributed by atoms with van der Waals surface area (Å²) in [5, 5.41) is 5.44. The van der Waals surface area contributed by atoms with Crippen LogP contribution in [0, 0.1) is 13.8 Å². The standard InChI is InChI=1S/C29H27ClN2O4/c1-5-35-26-16-21(15-25(30)27(26)36-17-22-12-18(2)11-19(3)13-22)14-24-20(4)31-32(29(24)34)28(33)23-9-7-6-8-10-23/h6-16H,5,17H2,1-4H3/b24-14+. The van der Waals surface area contributed by atoms with Crippen LogP contribution >= 0.6 is 11.6 Å². The lowest BCUT2D eigenvalue weighted by atomic mass is 10.1. The highest BCUT2D eigenvalue weighted by molar-refractivity contribution is 6.33. The maximum absolute atomic E-state index is 13.0. The Morgan fingerprint density at radius 2 is 1.69 bits per heavy atom. The summed E-state index contributed by atoms with van der Waals surface area (Å²) in [6.45, 7) is 8.40. The summed E-state index contributed by atoms with van der Waals surface area (Å²) >= 11 is 6.60. The van der Waals surface area contributed by atoms with Crippen molar-refractivity contribution in [2.45, 2.75) is 34.3 Å². The third-order valence-corrected chi connectivity index (χ3v) is 5.86. The molecule has 0 saturated heterocycles. The van der Waals surface area contributed by atoms with E-state index >= 15 is 0 Å². The molecule has 0 unspecified atom stereocenters. The van der Waals surface area contributed by atoms with Gasteiger partial charge in [0.15, 0.2) is 11.5 Å². The van der Waals surface area contributed by atoms with Gasteiger partial charge in [-0.3, -0.25) is 9.59 Å². The summed E-state index contributed by atoms with van der Waals surface area (Å²) in [6, 6.07) is 18.3. The molecule has 6 nitrogen and oxygen atoms in total. The predicted molar refractivity (Wildman–Crippen MR) is 142 cm³/mol. The Bertz CT molecular complexity index is 1360. The van der Waals surface area contributed by atoms with Gasteiger partial charge in [-0.15, -0.1) is 0 Å². The van der Waals surface area contributed by atoms with Crippen LogP contribution in [0.15, 0.2) is 71.3 Å². The average molecular weight is 503 g/mol. The monoisotopic (exact) mass is 502 g/mol. The number of hydrazone groups is 1. The second-order valence-electron chi connectivity index (χ2n) is 8.58. The molecule has 0 bridgehead atoms. The Morgan fingerprint density at radius 3 is 2.36 bits per heavy atom. The number of aryl methyl sites for hydroxylation is 2. The van der Waals surface area contributed by atoms with Gasteiger partial charge in [0, 0.05) is 5.56 Å². The summed E-state index contributed by atoms with van der Waals surface area (Å²) < 4.78 is 11.9. The minimum Gasteiger partial charge on any atom is -0.490 e. The molecule has 1 heterocycles. The SMILES string of the molecule is CCOc1cc(/C=C2/C(=O)N(C(=O)c3ccccc3)N=C2C)cc(Cl)c1OCc1cc(C)cc(C)c1. The van der Waals surface area contributed by atoms with Gasteiger partial charge in [0.05, 0.1) is 22.9 Å². The van der Waals surface area contributed by atoms with Gasteiger partial charge in [-0.25, -0.2) is 0 Å². The van der Waals surface area contributed by atoms with E-state index in [9.17, 15) is 9.59 Å². The Labute approximate surface area is 215 Å². The number of halogens is 1. The molecule has 1 aliphatic heterocycles. The van der Waals surface area contributed by atoms with E-state index in [2.05, 4.69) is 23.3 Å². The first-order chi connectivity index (χ1) is 17.3. The Morgan fingerprint density at radius 1 is 1.00 bits per heavy atom. The number of benzene rings is 3. The molecule has 0 saturated carbocycles. The molecule has 0 aliphatic carbocycles. The van der Waals surface area contributed by atoms with Crippen molar-refractivity contribution in [3.05, 3.63) is 99.1 Å².